The number of aryl methyl sites for hydroxylation is 2. The molecule has 1 N–H and O–H groups in total. The summed E-state index contributed by atoms with van der Waals surface area (Å²) in [5.74, 6) is 0.419. The Morgan fingerprint density at radius 2 is 2.16 bits per heavy atom. The maximum Gasteiger partial charge on any atom is 0.411 e. The quantitative estimate of drug-likeness (QED) is 0.910. The van der Waals surface area contributed by atoms with Crippen LogP contribution in [0.3, 0.4) is 0 Å². The molecular weight excluding hydrogens is 335 g/mol. The van der Waals surface area contributed by atoms with Crippen LogP contribution in [0.1, 0.15) is 32.0 Å². The van der Waals surface area contributed by atoms with Crippen LogP contribution in [0, 0.1) is 0 Å². The number of carbonyl (C=O) groups is 1. The summed E-state index contributed by atoms with van der Waals surface area (Å²) in [5, 5.41) is 2.58. The summed E-state index contributed by atoms with van der Waals surface area (Å²) >= 11 is 0. The van der Waals surface area contributed by atoms with Gasteiger partial charge in [-0.1, -0.05) is 6.42 Å². The van der Waals surface area contributed by atoms with Crippen molar-refractivity contribution in [3.8, 4) is 0 Å². The van der Waals surface area contributed by atoms with Crippen molar-refractivity contribution >= 4 is 22.6 Å². The molecule has 2 aromatic rings. The first-order chi connectivity index (χ1) is 11.8. The Morgan fingerprint density at radius 3 is 2.92 bits per heavy atom. The van der Waals surface area contributed by atoms with E-state index in [4.69, 9.17) is 0 Å². The Hall–Kier alpha value is -2.09. The number of benzene rings is 1. The minimum atomic E-state index is -4.46. The molecule has 2 heterocycles. The van der Waals surface area contributed by atoms with Crippen LogP contribution in [-0.4, -0.2) is 34.3 Å². The van der Waals surface area contributed by atoms with Crippen LogP contribution in [0.15, 0.2) is 18.2 Å². The standard InChI is InChI=1S/C17H20F3N3O2/c1-11(25-10-17(18,19)20)16(24)21-12-6-7-14-13(9-12)22-15-5-3-2-4-8-23(14)15/h6-7,9,11H,2-5,8,10H2,1H3,(H,21,24). The first kappa shape index (κ1) is 17.7. The van der Waals surface area contributed by atoms with Crippen molar-refractivity contribution in [2.75, 3.05) is 11.9 Å². The number of hydrogen-bond donors (Lipinski definition) is 1. The predicted octanol–water partition coefficient (Wildman–Crippen LogP) is 3.67. The van der Waals surface area contributed by atoms with Crippen molar-refractivity contribution in [3.63, 3.8) is 0 Å². The van der Waals surface area contributed by atoms with Gasteiger partial charge in [-0.3, -0.25) is 4.79 Å². The Labute approximate surface area is 143 Å². The number of nitrogens with zero attached hydrogens (tertiary/aromatic N) is 2. The second-order valence-corrected chi connectivity index (χ2v) is 6.25. The van der Waals surface area contributed by atoms with E-state index in [1.165, 1.54) is 13.3 Å². The molecule has 25 heavy (non-hydrogen) atoms. The Bertz CT molecular complexity index is 770. The Balaban J connectivity index is 1.71. The van der Waals surface area contributed by atoms with Gasteiger partial charge in [-0.25, -0.2) is 4.98 Å². The molecule has 1 atom stereocenters. The zero-order valence-electron chi connectivity index (χ0n) is 13.9. The van der Waals surface area contributed by atoms with Crippen LogP contribution in [0.5, 0.6) is 0 Å². The lowest BCUT2D eigenvalue weighted by atomic mass is 10.2. The molecule has 0 radical (unpaired) electrons. The van der Waals surface area contributed by atoms with E-state index in [1.54, 1.807) is 12.1 Å². The number of rotatable bonds is 4. The third-order valence-electron chi connectivity index (χ3n) is 4.24. The van der Waals surface area contributed by atoms with Gasteiger partial charge in [0.2, 0.25) is 0 Å². The molecule has 1 aliphatic heterocycles. The fraction of sp³-hybridized carbons (Fsp3) is 0.529. The van der Waals surface area contributed by atoms with E-state index in [0.29, 0.717) is 5.69 Å². The van der Waals surface area contributed by atoms with E-state index < -0.39 is 24.8 Å². The normalized spacial score (nSPS) is 16.3. The molecule has 0 spiro atoms. The molecule has 3 rings (SSSR count). The fourth-order valence-electron chi connectivity index (χ4n) is 2.97. The average Bonchev–Trinajstić information content (AvgIpc) is 2.72. The lowest BCUT2D eigenvalue weighted by Gasteiger charge is -2.14. The summed E-state index contributed by atoms with van der Waals surface area (Å²) in [7, 11) is 0. The minimum Gasteiger partial charge on any atom is -0.359 e. The number of fused-ring (bicyclic) bond motifs is 3. The van der Waals surface area contributed by atoms with Crippen molar-refractivity contribution in [3.05, 3.63) is 24.0 Å². The van der Waals surface area contributed by atoms with E-state index >= 15 is 0 Å². The van der Waals surface area contributed by atoms with E-state index in [9.17, 15) is 18.0 Å². The second-order valence-electron chi connectivity index (χ2n) is 6.25. The second kappa shape index (κ2) is 7.03. The van der Waals surface area contributed by atoms with E-state index in [0.717, 1.165) is 42.7 Å². The van der Waals surface area contributed by atoms with Crippen LogP contribution >= 0.6 is 0 Å². The van der Waals surface area contributed by atoms with Gasteiger partial charge in [-0.05, 0) is 38.0 Å². The molecule has 1 unspecified atom stereocenters. The van der Waals surface area contributed by atoms with Crippen LogP contribution in [0.2, 0.25) is 0 Å². The molecule has 5 nitrogen and oxygen atoms in total. The Morgan fingerprint density at radius 1 is 1.36 bits per heavy atom. The topological polar surface area (TPSA) is 56.1 Å². The van der Waals surface area contributed by atoms with Crippen molar-refractivity contribution in [2.45, 2.75) is 51.4 Å². The van der Waals surface area contributed by atoms with E-state index in [-0.39, 0.29) is 0 Å². The molecule has 0 saturated heterocycles. The van der Waals surface area contributed by atoms with Crippen molar-refractivity contribution in [1.29, 1.82) is 0 Å². The Kier molecular flexibility index (Phi) is 4.99. The summed E-state index contributed by atoms with van der Waals surface area (Å²) in [4.78, 5) is 16.6. The highest BCUT2D eigenvalue weighted by atomic mass is 19.4. The molecule has 0 bridgehead atoms. The first-order valence-electron chi connectivity index (χ1n) is 8.32. The van der Waals surface area contributed by atoms with Gasteiger partial charge in [0, 0.05) is 18.7 Å². The fourth-order valence-corrected chi connectivity index (χ4v) is 2.97. The molecule has 136 valence electrons. The van der Waals surface area contributed by atoms with Gasteiger partial charge in [0.25, 0.3) is 5.91 Å². The number of halogens is 3. The predicted molar refractivity (Wildman–Crippen MR) is 87.4 cm³/mol. The van der Waals surface area contributed by atoms with Gasteiger partial charge in [0.1, 0.15) is 18.5 Å². The van der Waals surface area contributed by atoms with E-state index in [2.05, 4.69) is 19.6 Å². The van der Waals surface area contributed by atoms with Crippen molar-refractivity contribution < 1.29 is 22.7 Å². The van der Waals surface area contributed by atoms with Crippen molar-refractivity contribution in [1.82, 2.24) is 9.55 Å². The summed E-state index contributed by atoms with van der Waals surface area (Å²) in [6, 6.07) is 5.36. The minimum absolute atomic E-state index is 0.494. The van der Waals surface area contributed by atoms with Gasteiger partial charge in [0.05, 0.1) is 11.0 Å². The highest BCUT2D eigenvalue weighted by molar-refractivity contribution is 5.95. The van der Waals surface area contributed by atoms with E-state index in [1.807, 2.05) is 6.07 Å². The molecule has 1 aromatic carbocycles. The summed E-state index contributed by atoms with van der Waals surface area (Å²) in [6.07, 6.45) is -1.31. The lowest BCUT2D eigenvalue weighted by molar-refractivity contribution is -0.184. The number of hydrogen-bond acceptors (Lipinski definition) is 3. The number of ether oxygens (including phenoxy) is 1. The maximum absolute atomic E-state index is 12.2. The van der Waals surface area contributed by atoms with Gasteiger partial charge in [-0.2, -0.15) is 13.2 Å². The van der Waals surface area contributed by atoms with Crippen LogP contribution in [-0.2, 0) is 22.5 Å². The number of anilines is 1. The average molecular weight is 355 g/mol. The first-order valence-corrected chi connectivity index (χ1v) is 8.32. The number of amides is 1. The summed E-state index contributed by atoms with van der Waals surface area (Å²) in [5.41, 5.74) is 2.28. The highest BCUT2D eigenvalue weighted by Gasteiger charge is 2.30. The summed E-state index contributed by atoms with van der Waals surface area (Å²) in [6.45, 7) is 0.771. The van der Waals surface area contributed by atoms with Crippen molar-refractivity contribution in [2.24, 2.45) is 0 Å². The molecule has 0 saturated carbocycles. The van der Waals surface area contributed by atoms with Gasteiger partial charge in [-0.15, -0.1) is 0 Å². The SMILES string of the molecule is CC(OCC(F)(F)F)C(=O)Nc1ccc2c(c1)nc1n2CCCCC1. The van der Waals surface area contributed by atoms with Gasteiger partial charge in [0.15, 0.2) is 0 Å². The molecule has 1 aromatic heterocycles. The third kappa shape index (κ3) is 4.31. The number of nitrogens with one attached hydrogen (secondary N) is 1. The highest BCUT2D eigenvalue weighted by Crippen LogP contribution is 2.24. The molecular formula is C17H20F3N3O2. The molecule has 0 aliphatic carbocycles. The smallest absolute Gasteiger partial charge is 0.359 e. The number of imidazole rings is 1. The molecule has 1 amide bonds. The third-order valence-corrected chi connectivity index (χ3v) is 4.24. The zero-order valence-corrected chi connectivity index (χ0v) is 13.9. The van der Waals surface area contributed by atoms with Crippen LogP contribution in [0.25, 0.3) is 11.0 Å². The number of carbonyl (C=O) groups excluding carboxylic acids is 1. The lowest BCUT2D eigenvalue weighted by Crippen LogP contribution is -2.31. The van der Waals surface area contributed by atoms with Crippen LogP contribution < -0.4 is 5.32 Å². The maximum atomic E-state index is 12.2. The zero-order chi connectivity index (χ0) is 18.0. The van der Waals surface area contributed by atoms with Gasteiger partial charge < -0.3 is 14.6 Å². The number of alkyl halides is 3. The van der Waals surface area contributed by atoms with Gasteiger partial charge >= 0.3 is 6.18 Å². The molecule has 1 aliphatic rings. The monoisotopic (exact) mass is 355 g/mol. The number of aromatic nitrogens is 2. The largest absolute Gasteiger partial charge is 0.411 e. The summed E-state index contributed by atoms with van der Waals surface area (Å²) < 4.78 is 43.2. The molecule has 8 heteroatoms. The molecule has 0 fully saturated rings. The van der Waals surface area contributed by atoms with Crippen LogP contribution in [0.4, 0.5) is 18.9 Å².